The van der Waals surface area contributed by atoms with Crippen molar-refractivity contribution in [2.45, 2.75) is 51.4 Å². The van der Waals surface area contributed by atoms with Crippen molar-refractivity contribution in [3.63, 3.8) is 0 Å². The first-order chi connectivity index (χ1) is 15.4. The van der Waals surface area contributed by atoms with Crippen molar-refractivity contribution < 1.29 is 22.0 Å². The van der Waals surface area contributed by atoms with E-state index in [4.69, 9.17) is 0 Å². The minimum atomic E-state index is -1.61. The SMILES string of the molecule is C/C=C/C1CCC2CC(c3cc(F)c(C#Cc4cc(F)c(F)c(F)c4)c(F)c3)CCC2C1. The van der Waals surface area contributed by atoms with Crippen LogP contribution in [0.2, 0.25) is 0 Å². The Kier molecular flexibility index (Phi) is 6.69. The molecule has 5 heteroatoms. The summed E-state index contributed by atoms with van der Waals surface area (Å²) in [5.41, 5.74) is -0.0194. The number of hydrogen-bond donors (Lipinski definition) is 0. The monoisotopic (exact) mass is 444 g/mol. The maximum absolute atomic E-state index is 14.7. The van der Waals surface area contributed by atoms with E-state index in [9.17, 15) is 22.0 Å². The fourth-order valence-electron chi connectivity index (χ4n) is 5.39. The van der Waals surface area contributed by atoms with Crippen LogP contribution in [0.1, 0.15) is 68.1 Å². The van der Waals surface area contributed by atoms with E-state index in [1.165, 1.54) is 25.0 Å². The van der Waals surface area contributed by atoms with Crippen LogP contribution in [-0.4, -0.2) is 0 Å². The molecule has 0 aliphatic heterocycles. The maximum atomic E-state index is 14.7. The molecule has 2 aliphatic rings. The van der Waals surface area contributed by atoms with Crippen molar-refractivity contribution >= 4 is 0 Å². The third-order valence-electron chi connectivity index (χ3n) is 6.97. The van der Waals surface area contributed by atoms with E-state index in [-0.39, 0.29) is 11.5 Å². The molecule has 0 heterocycles. The molecule has 0 bridgehead atoms. The molecule has 2 saturated carbocycles. The van der Waals surface area contributed by atoms with Crippen LogP contribution in [0.4, 0.5) is 22.0 Å². The third kappa shape index (κ3) is 4.75. The van der Waals surface area contributed by atoms with Crippen LogP contribution in [-0.2, 0) is 0 Å². The predicted molar refractivity (Wildman–Crippen MR) is 114 cm³/mol. The first-order valence-electron chi connectivity index (χ1n) is 11.1. The zero-order valence-corrected chi connectivity index (χ0v) is 17.9. The second-order valence-corrected chi connectivity index (χ2v) is 8.99. The molecule has 0 amide bonds. The van der Waals surface area contributed by atoms with Gasteiger partial charge in [-0.25, -0.2) is 22.0 Å². The van der Waals surface area contributed by atoms with E-state index in [2.05, 4.69) is 30.9 Å². The van der Waals surface area contributed by atoms with Gasteiger partial charge in [0.05, 0.1) is 5.56 Å². The number of halogens is 5. The maximum Gasteiger partial charge on any atom is 0.194 e. The first kappa shape index (κ1) is 22.6. The van der Waals surface area contributed by atoms with Crippen LogP contribution in [0.5, 0.6) is 0 Å². The Hall–Kier alpha value is -2.61. The van der Waals surface area contributed by atoms with Gasteiger partial charge in [0, 0.05) is 5.56 Å². The van der Waals surface area contributed by atoms with Crippen LogP contribution in [0.3, 0.4) is 0 Å². The van der Waals surface area contributed by atoms with Gasteiger partial charge in [-0.15, -0.1) is 0 Å². The van der Waals surface area contributed by atoms with Crippen LogP contribution in [0.15, 0.2) is 36.4 Å². The van der Waals surface area contributed by atoms with Gasteiger partial charge in [-0.1, -0.05) is 24.0 Å². The highest BCUT2D eigenvalue weighted by Crippen LogP contribution is 2.48. The van der Waals surface area contributed by atoms with Gasteiger partial charge in [0.15, 0.2) is 17.5 Å². The number of fused-ring (bicyclic) bond motifs is 1. The summed E-state index contributed by atoms with van der Waals surface area (Å²) in [4.78, 5) is 0. The van der Waals surface area contributed by atoms with Gasteiger partial charge in [0.2, 0.25) is 0 Å². The largest absolute Gasteiger partial charge is 0.206 e. The molecule has 32 heavy (non-hydrogen) atoms. The molecule has 0 radical (unpaired) electrons. The second kappa shape index (κ2) is 9.48. The summed E-state index contributed by atoms with van der Waals surface area (Å²) in [6.45, 7) is 2.05. The molecule has 0 saturated heterocycles. The van der Waals surface area contributed by atoms with Crippen molar-refractivity contribution in [2.75, 3.05) is 0 Å². The highest BCUT2D eigenvalue weighted by molar-refractivity contribution is 5.45. The Morgan fingerprint density at radius 1 is 0.750 bits per heavy atom. The minimum Gasteiger partial charge on any atom is -0.206 e. The summed E-state index contributed by atoms with van der Waals surface area (Å²) < 4.78 is 69.1. The molecule has 2 aliphatic carbocycles. The lowest BCUT2D eigenvalue weighted by Gasteiger charge is -2.41. The normalized spacial score (nSPS) is 25.3. The molecule has 0 aromatic heterocycles. The summed E-state index contributed by atoms with van der Waals surface area (Å²) in [5, 5.41) is 0. The Bertz CT molecular complexity index is 1040. The number of benzene rings is 2. The van der Waals surface area contributed by atoms with Crippen molar-refractivity contribution in [3.8, 4) is 11.8 Å². The average molecular weight is 444 g/mol. The molecule has 0 spiro atoms. The smallest absolute Gasteiger partial charge is 0.194 e. The fourth-order valence-corrected chi connectivity index (χ4v) is 5.39. The number of hydrogen-bond acceptors (Lipinski definition) is 0. The van der Waals surface area contributed by atoms with Gasteiger partial charge in [-0.3, -0.25) is 0 Å². The highest BCUT2D eigenvalue weighted by atomic mass is 19.2. The molecule has 4 rings (SSSR count). The number of rotatable bonds is 2. The molecule has 4 atom stereocenters. The molecular formula is C27H25F5. The molecule has 0 nitrogen and oxygen atoms in total. The van der Waals surface area contributed by atoms with Crippen LogP contribution in [0.25, 0.3) is 0 Å². The molecule has 2 fully saturated rings. The van der Waals surface area contributed by atoms with Gasteiger partial charge in [-0.2, -0.15) is 0 Å². The van der Waals surface area contributed by atoms with Crippen LogP contribution in [0, 0.1) is 58.7 Å². The zero-order valence-electron chi connectivity index (χ0n) is 17.9. The molecular weight excluding hydrogens is 419 g/mol. The van der Waals surface area contributed by atoms with E-state index < -0.39 is 34.6 Å². The molecule has 4 unspecified atom stereocenters. The quantitative estimate of drug-likeness (QED) is 0.193. The van der Waals surface area contributed by atoms with E-state index in [0.29, 0.717) is 35.4 Å². The van der Waals surface area contributed by atoms with Gasteiger partial charge < -0.3 is 0 Å². The van der Waals surface area contributed by atoms with E-state index >= 15 is 0 Å². The van der Waals surface area contributed by atoms with Crippen molar-refractivity contribution in [1.82, 2.24) is 0 Å². The lowest BCUT2D eigenvalue weighted by atomic mass is 9.64. The van der Waals surface area contributed by atoms with Crippen LogP contribution < -0.4 is 0 Å². The van der Waals surface area contributed by atoms with Gasteiger partial charge in [-0.05, 0) is 98.9 Å². The standard InChI is InChI=1S/C27H25F5/c1-2-3-16-4-6-19-13-20(8-7-18(19)10-16)21-14-23(28)22(24(29)15-21)9-5-17-11-25(30)27(32)26(31)12-17/h2-3,11-12,14-16,18-20H,4,6-8,10,13H2,1H3/b3-2+. The zero-order chi connectivity index (χ0) is 22.8. The summed E-state index contributed by atoms with van der Waals surface area (Å²) >= 11 is 0. The van der Waals surface area contributed by atoms with E-state index in [0.717, 1.165) is 25.7 Å². The Morgan fingerprint density at radius 2 is 1.38 bits per heavy atom. The topological polar surface area (TPSA) is 0 Å². The highest BCUT2D eigenvalue weighted by Gasteiger charge is 2.35. The summed E-state index contributed by atoms with van der Waals surface area (Å²) in [6.07, 6.45) is 10.8. The fraction of sp³-hybridized carbons (Fsp3) is 0.407. The third-order valence-corrected chi connectivity index (χ3v) is 6.97. The van der Waals surface area contributed by atoms with Gasteiger partial charge in [0.25, 0.3) is 0 Å². The summed E-state index contributed by atoms with van der Waals surface area (Å²) in [6, 6.07) is 4.04. The molecule has 168 valence electrons. The molecule has 0 N–H and O–H groups in total. The molecule has 2 aromatic carbocycles. The number of allylic oxidation sites excluding steroid dienone is 2. The van der Waals surface area contributed by atoms with Gasteiger partial charge in [0.1, 0.15) is 11.6 Å². The van der Waals surface area contributed by atoms with E-state index in [1.807, 2.05) is 0 Å². The Balaban J connectivity index is 1.51. The van der Waals surface area contributed by atoms with Crippen LogP contribution >= 0.6 is 0 Å². The van der Waals surface area contributed by atoms with Gasteiger partial charge >= 0.3 is 0 Å². The Morgan fingerprint density at radius 3 is 2.03 bits per heavy atom. The lowest BCUT2D eigenvalue weighted by molar-refractivity contribution is 0.133. The van der Waals surface area contributed by atoms with Crippen molar-refractivity contribution in [1.29, 1.82) is 0 Å². The Labute approximate surface area is 185 Å². The molecule has 2 aromatic rings. The lowest BCUT2D eigenvalue weighted by Crippen LogP contribution is -2.30. The summed E-state index contributed by atoms with van der Waals surface area (Å²) in [5.74, 6) is 0.639. The average Bonchev–Trinajstić information content (AvgIpc) is 2.76. The second-order valence-electron chi connectivity index (χ2n) is 8.99. The van der Waals surface area contributed by atoms with E-state index in [1.54, 1.807) is 0 Å². The predicted octanol–water partition coefficient (Wildman–Crippen LogP) is 7.66. The van der Waals surface area contributed by atoms with Crippen molar-refractivity contribution in [2.24, 2.45) is 17.8 Å². The first-order valence-corrected chi connectivity index (χ1v) is 11.1. The summed E-state index contributed by atoms with van der Waals surface area (Å²) in [7, 11) is 0. The minimum absolute atomic E-state index is 0.112. The van der Waals surface area contributed by atoms with Crippen molar-refractivity contribution in [3.05, 3.63) is 82.2 Å².